The first-order valence-electron chi connectivity index (χ1n) is 2.91. The van der Waals surface area contributed by atoms with Crippen LogP contribution in [0.25, 0.3) is 0 Å². The van der Waals surface area contributed by atoms with E-state index >= 15 is 0 Å². The van der Waals surface area contributed by atoms with E-state index in [1.165, 1.54) is 0 Å². The summed E-state index contributed by atoms with van der Waals surface area (Å²) in [6, 6.07) is -1.39. The lowest BCUT2D eigenvalue weighted by Crippen LogP contribution is -1.97. The van der Waals surface area contributed by atoms with Gasteiger partial charge in [-0.2, -0.15) is 4.39 Å². The highest BCUT2D eigenvalue weighted by atomic mass is 19.1. The summed E-state index contributed by atoms with van der Waals surface area (Å²) in [7, 11) is 0. The van der Waals surface area contributed by atoms with Gasteiger partial charge < -0.3 is 0 Å². The molecule has 0 aliphatic heterocycles. The van der Waals surface area contributed by atoms with Crippen molar-refractivity contribution in [2.45, 2.75) is 20.3 Å². The van der Waals surface area contributed by atoms with Crippen molar-refractivity contribution >= 4 is 6.04 Å². The van der Waals surface area contributed by atoms with Gasteiger partial charge in [-0.05, 0) is 12.3 Å². The Bertz CT molecular complexity index is 127. The molecule has 0 atom stereocenters. The van der Waals surface area contributed by atoms with Crippen molar-refractivity contribution in [1.82, 2.24) is 0 Å². The molecule has 0 heterocycles. The number of hydrogen-bond donors (Lipinski definition) is 0. The van der Waals surface area contributed by atoms with Crippen molar-refractivity contribution in [2.24, 2.45) is 5.92 Å². The van der Waals surface area contributed by atoms with Crippen LogP contribution < -0.4 is 0 Å². The van der Waals surface area contributed by atoms with E-state index < -0.39 is 6.04 Å². The normalized spacial score (nSPS) is 9.78. The van der Waals surface area contributed by atoms with Crippen molar-refractivity contribution in [3.05, 3.63) is 12.2 Å². The molecule has 2 heteroatoms. The van der Waals surface area contributed by atoms with Crippen LogP contribution in [-0.2, 0) is 4.79 Å². The number of halogens is 1. The van der Waals surface area contributed by atoms with Gasteiger partial charge in [-0.1, -0.05) is 20.4 Å². The predicted octanol–water partition coefficient (Wildman–Crippen LogP) is 2.08. The summed E-state index contributed by atoms with van der Waals surface area (Å²) in [6.45, 7) is 7.09. The second kappa shape index (κ2) is 3.38. The summed E-state index contributed by atoms with van der Waals surface area (Å²) < 4.78 is 11.7. The number of hydrogen-bond acceptors (Lipinski definition) is 1. The first-order chi connectivity index (χ1) is 4.04. The maximum absolute atomic E-state index is 11.7. The lowest BCUT2D eigenvalue weighted by atomic mass is 10.1. The molecule has 0 fully saturated rings. The molecule has 0 radical (unpaired) electrons. The van der Waals surface area contributed by atoms with E-state index in [2.05, 4.69) is 6.58 Å². The third-order valence-electron chi connectivity index (χ3n) is 0.933. The number of allylic oxidation sites excluding steroid dienone is 1. The quantitative estimate of drug-likeness (QED) is 0.422. The Morgan fingerprint density at radius 1 is 1.67 bits per heavy atom. The van der Waals surface area contributed by atoms with Gasteiger partial charge in [-0.3, -0.25) is 4.79 Å². The largest absolute Gasteiger partial charge is 0.327 e. The van der Waals surface area contributed by atoms with Gasteiger partial charge in [0.15, 0.2) is 0 Å². The highest BCUT2D eigenvalue weighted by Crippen LogP contribution is 2.09. The van der Waals surface area contributed by atoms with E-state index in [4.69, 9.17) is 0 Å². The minimum atomic E-state index is -1.39. The zero-order valence-corrected chi connectivity index (χ0v) is 5.78. The summed E-state index contributed by atoms with van der Waals surface area (Å²) in [6.07, 6.45) is 0.454. The lowest BCUT2D eigenvalue weighted by Gasteiger charge is -2.00. The van der Waals surface area contributed by atoms with Gasteiger partial charge >= 0.3 is 6.04 Å². The van der Waals surface area contributed by atoms with Crippen molar-refractivity contribution in [3.63, 3.8) is 0 Å². The first kappa shape index (κ1) is 8.34. The molecule has 0 aliphatic rings. The summed E-state index contributed by atoms with van der Waals surface area (Å²) in [5.41, 5.74) is 0.0741. The fraction of sp³-hybridized carbons (Fsp3) is 0.571. The molecule has 0 bridgehead atoms. The monoisotopic (exact) mass is 130 g/mol. The molecule has 0 unspecified atom stereocenters. The van der Waals surface area contributed by atoms with Crippen LogP contribution in [-0.4, -0.2) is 6.04 Å². The zero-order valence-electron chi connectivity index (χ0n) is 5.78. The number of rotatable bonds is 3. The minimum absolute atomic E-state index is 0.0741. The molecule has 0 aliphatic carbocycles. The van der Waals surface area contributed by atoms with E-state index in [1.54, 1.807) is 0 Å². The average Bonchev–Trinajstić information content (AvgIpc) is 1.63. The van der Waals surface area contributed by atoms with Crippen LogP contribution in [0.1, 0.15) is 20.3 Å². The molecule has 0 N–H and O–H groups in total. The summed E-state index contributed by atoms with van der Waals surface area (Å²) in [5, 5.41) is 0. The summed E-state index contributed by atoms with van der Waals surface area (Å²) in [5.74, 6) is 0.303. The molecule has 0 aromatic rings. The second-order valence-electron chi connectivity index (χ2n) is 2.48. The Morgan fingerprint density at radius 2 is 2.11 bits per heavy atom. The van der Waals surface area contributed by atoms with E-state index in [9.17, 15) is 9.18 Å². The van der Waals surface area contributed by atoms with Crippen LogP contribution in [0.15, 0.2) is 12.2 Å². The van der Waals surface area contributed by atoms with Gasteiger partial charge in [-0.25, -0.2) is 0 Å². The van der Waals surface area contributed by atoms with Crippen LogP contribution in [0, 0.1) is 5.92 Å². The van der Waals surface area contributed by atoms with Gasteiger partial charge in [-0.15, -0.1) is 0 Å². The lowest BCUT2D eigenvalue weighted by molar-refractivity contribution is -0.125. The Morgan fingerprint density at radius 3 is 2.22 bits per heavy atom. The fourth-order valence-electron chi connectivity index (χ4n) is 0.573. The summed E-state index contributed by atoms with van der Waals surface area (Å²) in [4.78, 5) is 9.91. The number of carbonyl (C=O) groups is 1. The molecule has 52 valence electrons. The average molecular weight is 130 g/mol. The van der Waals surface area contributed by atoms with Crippen LogP contribution in [0.3, 0.4) is 0 Å². The highest BCUT2D eigenvalue weighted by molar-refractivity contribution is 5.86. The summed E-state index contributed by atoms with van der Waals surface area (Å²) >= 11 is 0. The molecular formula is C7H11FO. The Hall–Kier alpha value is -0.660. The molecule has 0 saturated carbocycles. The molecular weight excluding hydrogens is 119 g/mol. The van der Waals surface area contributed by atoms with Crippen molar-refractivity contribution in [3.8, 4) is 0 Å². The maximum atomic E-state index is 11.7. The molecule has 1 nitrogen and oxygen atoms in total. The van der Waals surface area contributed by atoms with Crippen molar-refractivity contribution in [2.75, 3.05) is 0 Å². The van der Waals surface area contributed by atoms with Gasteiger partial charge in [0.05, 0.1) is 0 Å². The molecule has 9 heavy (non-hydrogen) atoms. The highest BCUT2D eigenvalue weighted by Gasteiger charge is 2.05. The molecule has 0 aromatic heterocycles. The van der Waals surface area contributed by atoms with E-state index in [-0.39, 0.29) is 5.57 Å². The zero-order chi connectivity index (χ0) is 7.44. The SMILES string of the molecule is C=C(CC(C)C)C(=O)F. The molecule has 0 saturated heterocycles. The van der Waals surface area contributed by atoms with Gasteiger partial charge in [0.2, 0.25) is 0 Å². The smallest absolute Gasteiger partial charge is 0.256 e. The van der Waals surface area contributed by atoms with Crippen molar-refractivity contribution < 1.29 is 9.18 Å². The third-order valence-corrected chi connectivity index (χ3v) is 0.933. The van der Waals surface area contributed by atoms with E-state index in [0.29, 0.717) is 12.3 Å². The first-order valence-corrected chi connectivity index (χ1v) is 2.91. The maximum Gasteiger partial charge on any atom is 0.327 e. The van der Waals surface area contributed by atoms with Crippen LogP contribution >= 0.6 is 0 Å². The Labute approximate surface area is 54.6 Å². The fourth-order valence-corrected chi connectivity index (χ4v) is 0.573. The molecule has 0 aromatic carbocycles. The Balaban J connectivity index is 3.65. The minimum Gasteiger partial charge on any atom is -0.256 e. The van der Waals surface area contributed by atoms with Crippen LogP contribution in [0.2, 0.25) is 0 Å². The van der Waals surface area contributed by atoms with E-state index in [0.717, 1.165) is 0 Å². The third kappa shape index (κ3) is 3.88. The van der Waals surface area contributed by atoms with Gasteiger partial charge in [0, 0.05) is 5.57 Å². The van der Waals surface area contributed by atoms with Crippen LogP contribution in [0.4, 0.5) is 4.39 Å². The predicted molar refractivity (Wildman–Crippen MR) is 34.7 cm³/mol. The van der Waals surface area contributed by atoms with E-state index in [1.807, 2.05) is 13.8 Å². The van der Waals surface area contributed by atoms with Gasteiger partial charge in [0.25, 0.3) is 0 Å². The molecule has 0 rings (SSSR count). The number of carbonyl (C=O) groups excluding carboxylic acids is 1. The van der Waals surface area contributed by atoms with Gasteiger partial charge in [0.1, 0.15) is 0 Å². The Kier molecular flexibility index (Phi) is 3.13. The standard InChI is InChI=1S/C7H11FO/c1-5(2)4-6(3)7(8)9/h5H,3-4H2,1-2H3. The topological polar surface area (TPSA) is 17.1 Å². The molecule has 0 spiro atoms. The molecule has 0 amide bonds. The van der Waals surface area contributed by atoms with Crippen LogP contribution in [0.5, 0.6) is 0 Å². The second-order valence-corrected chi connectivity index (χ2v) is 2.48. The van der Waals surface area contributed by atoms with Crippen molar-refractivity contribution in [1.29, 1.82) is 0 Å².